The summed E-state index contributed by atoms with van der Waals surface area (Å²) in [7, 11) is -3.42. The van der Waals surface area contributed by atoms with Gasteiger partial charge in [-0.3, -0.25) is 0 Å². The first-order valence-corrected chi connectivity index (χ1v) is 7.59. The molecule has 1 rings (SSSR count). The van der Waals surface area contributed by atoms with Gasteiger partial charge in [-0.1, -0.05) is 12.1 Å². The molecule has 108 valence electrons. The van der Waals surface area contributed by atoms with Gasteiger partial charge in [-0.05, 0) is 24.1 Å². The number of nitrogens with one attached hydrogen (secondary N) is 1. The summed E-state index contributed by atoms with van der Waals surface area (Å²) in [4.78, 5) is 0. The van der Waals surface area contributed by atoms with Gasteiger partial charge in [0.15, 0.2) is 0 Å². The Morgan fingerprint density at radius 1 is 1.21 bits per heavy atom. The molecule has 0 aliphatic rings. The van der Waals surface area contributed by atoms with Gasteiger partial charge in [0.25, 0.3) is 0 Å². The summed E-state index contributed by atoms with van der Waals surface area (Å²) in [6.45, 7) is 0.868. The normalized spacial score (nSPS) is 11.7. The van der Waals surface area contributed by atoms with Crippen molar-refractivity contribution in [3.63, 3.8) is 0 Å². The molecule has 1 aromatic carbocycles. The van der Waals surface area contributed by atoms with Crippen LogP contribution in [0.1, 0.15) is 12.0 Å². The number of hydrogen-bond acceptors (Lipinski definition) is 4. The first-order valence-electron chi connectivity index (χ1n) is 5.94. The van der Waals surface area contributed by atoms with Gasteiger partial charge >= 0.3 is 0 Å². The van der Waals surface area contributed by atoms with E-state index in [2.05, 4.69) is 4.72 Å². The minimum atomic E-state index is -3.42. The molecule has 1 aromatic rings. The molecule has 0 unspecified atom stereocenters. The van der Waals surface area contributed by atoms with E-state index in [-0.39, 0.29) is 25.5 Å². The highest BCUT2D eigenvalue weighted by Crippen LogP contribution is 2.06. The van der Waals surface area contributed by atoms with Crippen molar-refractivity contribution in [1.82, 2.24) is 4.72 Å². The highest BCUT2D eigenvalue weighted by molar-refractivity contribution is 7.88. The molecule has 0 aromatic heterocycles. The number of hydrogen-bond donors (Lipinski definition) is 2. The SMILES string of the molecule is O=S(=O)(Cc1ccc(F)cc1)NCCCOCCO. The van der Waals surface area contributed by atoms with Crippen LogP contribution in [0.15, 0.2) is 24.3 Å². The lowest BCUT2D eigenvalue weighted by Crippen LogP contribution is -2.27. The van der Waals surface area contributed by atoms with E-state index in [9.17, 15) is 12.8 Å². The van der Waals surface area contributed by atoms with E-state index < -0.39 is 15.8 Å². The number of aliphatic hydroxyl groups excluding tert-OH is 1. The van der Waals surface area contributed by atoms with E-state index in [0.29, 0.717) is 18.6 Å². The van der Waals surface area contributed by atoms with Gasteiger partial charge in [0.2, 0.25) is 10.0 Å². The molecule has 19 heavy (non-hydrogen) atoms. The molecule has 0 aliphatic carbocycles. The predicted octanol–water partition coefficient (Wildman–Crippen LogP) is 0.644. The number of rotatable bonds is 9. The smallest absolute Gasteiger partial charge is 0.215 e. The molecule has 0 atom stereocenters. The van der Waals surface area contributed by atoms with Gasteiger partial charge < -0.3 is 9.84 Å². The summed E-state index contributed by atoms with van der Waals surface area (Å²) in [5.41, 5.74) is 0.533. The number of ether oxygens (including phenoxy) is 1. The zero-order chi connectivity index (χ0) is 14.1. The topological polar surface area (TPSA) is 75.6 Å². The molecule has 0 heterocycles. The van der Waals surface area contributed by atoms with Gasteiger partial charge in [-0.25, -0.2) is 17.5 Å². The average Bonchev–Trinajstić information content (AvgIpc) is 2.36. The van der Waals surface area contributed by atoms with Crippen LogP contribution in [0.3, 0.4) is 0 Å². The molecular formula is C12H18FNO4S. The molecule has 0 spiro atoms. The van der Waals surface area contributed by atoms with Gasteiger partial charge in [-0.2, -0.15) is 0 Å². The van der Waals surface area contributed by atoms with Crippen molar-refractivity contribution >= 4 is 10.0 Å². The molecular weight excluding hydrogens is 273 g/mol. The van der Waals surface area contributed by atoms with E-state index in [1.54, 1.807) is 0 Å². The van der Waals surface area contributed by atoms with Crippen molar-refractivity contribution in [2.45, 2.75) is 12.2 Å². The maximum absolute atomic E-state index is 12.7. The summed E-state index contributed by atoms with van der Waals surface area (Å²) in [5, 5.41) is 8.47. The average molecular weight is 291 g/mol. The predicted molar refractivity (Wildman–Crippen MR) is 69.5 cm³/mol. The summed E-state index contributed by atoms with van der Waals surface area (Å²) in [5.74, 6) is -0.569. The van der Waals surface area contributed by atoms with Crippen LogP contribution >= 0.6 is 0 Å². The Morgan fingerprint density at radius 2 is 1.89 bits per heavy atom. The Balaban J connectivity index is 2.30. The highest BCUT2D eigenvalue weighted by Gasteiger charge is 2.10. The largest absolute Gasteiger partial charge is 0.394 e. The van der Waals surface area contributed by atoms with Crippen LogP contribution in [0.25, 0.3) is 0 Å². The molecule has 2 N–H and O–H groups in total. The monoisotopic (exact) mass is 291 g/mol. The summed E-state index contributed by atoms with van der Waals surface area (Å²) in [6.07, 6.45) is 0.530. The van der Waals surface area contributed by atoms with Crippen LogP contribution in [-0.2, 0) is 20.5 Å². The van der Waals surface area contributed by atoms with Crippen LogP contribution in [0, 0.1) is 5.82 Å². The maximum Gasteiger partial charge on any atom is 0.215 e. The zero-order valence-corrected chi connectivity index (χ0v) is 11.3. The van der Waals surface area contributed by atoms with Crippen molar-refractivity contribution in [2.75, 3.05) is 26.4 Å². The fourth-order valence-electron chi connectivity index (χ4n) is 1.42. The van der Waals surface area contributed by atoms with Crippen LogP contribution in [0.4, 0.5) is 4.39 Å². The molecule has 0 saturated carbocycles. The van der Waals surface area contributed by atoms with Crippen LogP contribution in [-0.4, -0.2) is 39.9 Å². The third kappa shape index (κ3) is 7.22. The molecule has 0 bridgehead atoms. The van der Waals surface area contributed by atoms with Crippen molar-refractivity contribution in [1.29, 1.82) is 0 Å². The Bertz CT molecular complexity index is 461. The summed E-state index contributed by atoms with van der Waals surface area (Å²) in [6, 6.07) is 5.35. The van der Waals surface area contributed by atoms with Gasteiger partial charge in [0.1, 0.15) is 5.82 Å². The fourth-order valence-corrected chi connectivity index (χ4v) is 2.61. The minimum Gasteiger partial charge on any atom is -0.394 e. The molecule has 0 amide bonds. The second-order valence-electron chi connectivity index (χ2n) is 3.97. The molecule has 0 radical (unpaired) electrons. The highest BCUT2D eigenvalue weighted by atomic mass is 32.2. The van der Waals surface area contributed by atoms with Crippen molar-refractivity contribution in [3.8, 4) is 0 Å². The van der Waals surface area contributed by atoms with E-state index >= 15 is 0 Å². The lowest BCUT2D eigenvalue weighted by Gasteiger charge is -2.07. The number of benzene rings is 1. The first-order chi connectivity index (χ1) is 9.03. The molecule has 0 saturated heterocycles. The first kappa shape index (κ1) is 16.0. The quantitative estimate of drug-likeness (QED) is 0.655. The Morgan fingerprint density at radius 3 is 2.53 bits per heavy atom. The van der Waals surface area contributed by atoms with Crippen LogP contribution in [0.5, 0.6) is 0 Å². The van der Waals surface area contributed by atoms with E-state index in [1.165, 1.54) is 24.3 Å². The lowest BCUT2D eigenvalue weighted by atomic mass is 10.2. The van der Waals surface area contributed by atoms with Gasteiger partial charge in [0, 0.05) is 13.2 Å². The van der Waals surface area contributed by atoms with E-state index in [1.807, 2.05) is 0 Å². The third-order valence-corrected chi connectivity index (χ3v) is 3.65. The van der Waals surface area contributed by atoms with Gasteiger partial charge in [0.05, 0.1) is 19.0 Å². The van der Waals surface area contributed by atoms with Crippen molar-refractivity contribution in [2.24, 2.45) is 0 Å². The second-order valence-corrected chi connectivity index (χ2v) is 5.78. The number of sulfonamides is 1. The van der Waals surface area contributed by atoms with Crippen molar-refractivity contribution < 1.29 is 22.7 Å². The van der Waals surface area contributed by atoms with Crippen LogP contribution < -0.4 is 4.72 Å². The Labute approximate surface area is 112 Å². The minimum absolute atomic E-state index is 0.0453. The Kier molecular flexibility index (Phi) is 6.93. The molecule has 5 nitrogen and oxygen atoms in total. The molecule has 0 fully saturated rings. The van der Waals surface area contributed by atoms with Gasteiger partial charge in [-0.15, -0.1) is 0 Å². The standard InChI is InChI=1S/C12H18FNO4S/c13-12-4-2-11(3-5-12)10-19(16,17)14-6-1-8-18-9-7-15/h2-5,14-15H,1,6-10H2. The number of halogens is 1. The Hall–Kier alpha value is -1.02. The second kappa shape index (κ2) is 8.21. The molecule has 0 aliphatic heterocycles. The zero-order valence-electron chi connectivity index (χ0n) is 10.5. The number of aliphatic hydroxyl groups is 1. The summed E-state index contributed by atoms with van der Waals surface area (Å²) < 4.78 is 43.5. The molecule has 7 heteroatoms. The van der Waals surface area contributed by atoms with Crippen LogP contribution in [0.2, 0.25) is 0 Å². The van der Waals surface area contributed by atoms with E-state index in [4.69, 9.17) is 9.84 Å². The summed E-state index contributed by atoms with van der Waals surface area (Å²) >= 11 is 0. The fraction of sp³-hybridized carbons (Fsp3) is 0.500. The third-order valence-electron chi connectivity index (χ3n) is 2.29. The van der Waals surface area contributed by atoms with Crippen molar-refractivity contribution in [3.05, 3.63) is 35.6 Å². The van der Waals surface area contributed by atoms with E-state index in [0.717, 1.165) is 0 Å². The maximum atomic E-state index is 12.7. The lowest BCUT2D eigenvalue weighted by molar-refractivity contribution is 0.0913.